The fourth-order valence-electron chi connectivity index (χ4n) is 3.37. The van der Waals surface area contributed by atoms with Crippen molar-refractivity contribution in [3.05, 3.63) is 26.3 Å². The number of aromatic nitrogens is 3. The Morgan fingerprint density at radius 3 is 2.78 bits per heavy atom. The van der Waals surface area contributed by atoms with Gasteiger partial charge in [-0.25, -0.2) is 13.5 Å². The highest BCUT2D eigenvalue weighted by Gasteiger charge is 2.46. The molecule has 2 fully saturated rings. The molecule has 23 heavy (non-hydrogen) atoms. The normalized spacial score (nSPS) is 24.7. The van der Waals surface area contributed by atoms with Crippen molar-refractivity contribution in [2.75, 3.05) is 6.61 Å². The van der Waals surface area contributed by atoms with Crippen LogP contribution in [0, 0.1) is 3.57 Å². The molecule has 5 nitrogen and oxygen atoms in total. The number of fused-ring (bicyclic) bond motifs is 1. The van der Waals surface area contributed by atoms with Crippen LogP contribution < -0.4 is 5.56 Å². The third-order valence-electron chi connectivity index (χ3n) is 4.63. The molecule has 0 N–H and O–H groups in total. The molecule has 124 valence electrons. The number of alkyl halides is 2. The van der Waals surface area contributed by atoms with Crippen molar-refractivity contribution in [2.45, 2.75) is 50.3 Å². The summed E-state index contributed by atoms with van der Waals surface area (Å²) in [6.45, 7) is 0.691. The van der Waals surface area contributed by atoms with E-state index >= 15 is 0 Å². The molecule has 0 radical (unpaired) electrons. The first kappa shape index (κ1) is 15.5. The maximum absolute atomic E-state index is 13.1. The first-order valence-corrected chi connectivity index (χ1v) is 8.81. The van der Waals surface area contributed by atoms with Crippen molar-refractivity contribution >= 4 is 33.5 Å². The van der Waals surface area contributed by atoms with Crippen molar-refractivity contribution in [1.82, 2.24) is 14.3 Å². The van der Waals surface area contributed by atoms with E-state index in [0.717, 1.165) is 28.3 Å². The molecule has 2 aromatic rings. The van der Waals surface area contributed by atoms with E-state index in [-0.39, 0.29) is 24.6 Å². The molecule has 1 aliphatic carbocycles. The Kier molecular flexibility index (Phi) is 3.71. The van der Waals surface area contributed by atoms with Crippen LogP contribution in [-0.2, 0) is 4.74 Å². The molecule has 2 aliphatic rings. The smallest absolute Gasteiger partial charge is 0.261 e. The molecule has 1 saturated carbocycles. The molecule has 0 bridgehead atoms. The summed E-state index contributed by atoms with van der Waals surface area (Å²) in [7, 11) is 0. The Morgan fingerprint density at radius 2 is 2.13 bits per heavy atom. The molecular weight excluding hydrogens is 419 g/mol. The van der Waals surface area contributed by atoms with E-state index in [1.165, 1.54) is 10.8 Å². The van der Waals surface area contributed by atoms with E-state index in [0.29, 0.717) is 12.0 Å². The van der Waals surface area contributed by atoms with Crippen LogP contribution in [0.2, 0.25) is 0 Å². The minimum absolute atomic E-state index is 0.155. The number of hydrogen-bond donors (Lipinski definition) is 0. The Bertz CT molecular complexity index is 803. The summed E-state index contributed by atoms with van der Waals surface area (Å²) in [6, 6.07) is -0.426. The first-order valence-electron chi connectivity index (χ1n) is 7.73. The number of pyridine rings is 1. The molecule has 1 aliphatic heterocycles. The van der Waals surface area contributed by atoms with Gasteiger partial charge in [-0.2, -0.15) is 5.10 Å². The second kappa shape index (κ2) is 5.51. The summed E-state index contributed by atoms with van der Waals surface area (Å²) in [5.41, 5.74) is 0.493. The number of nitrogens with zero attached hydrogens (tertiary/aromatic N) is 3. The Labute approximate surface area is 144 Å². The highest BCUT2D eigenvalue weighted by molar-refractivity contribution is 14.1. The number of hydrogen-bond acceptors (Lipinski definition) is 3. The monoisotopic (exact) mass is 435 g/mol. The van der Waals surface area contributed by atoms with Crippen LogP contribution in [0.4, 0.5) is 8.78 Å². The van der Waals surface area contributed by atoms with Gasteiger partial charge in [0, 0.05) is 31.7 Å². The number of halogens is 3. The van der Waals surface area contributed by atoms with E-state index in [1.54, 1.807) is 10.9 Å². The third kappa shape index (κ3) is 2.59. The zero-order chi connectivity index (χ0) is 16.2. The second-order valence-electron chi connectivity index (χ2n) is 6.28. The minimum Gasteiger partial charge on any atom is -0.356 e. The quantitative estimate of drug-likeness (QED) is 0.679. The molecule has 8 heteroatoms. The van der Waals surface area contributed by atoms with Gasteiger partial charge >= 0.3 is 0 Å². The van der Waals surface area contributed by atoms with E-state index < -0.39 is 12.0 Å². The summed E-state index contributed by atoms with van der Waals surface area (Å²) in [5.74, 6) is -2.65. The maximum atomic E-state index is 13.1. The van der Waals surface area contributed by atoms with Gasteiger partial charge in [0.15, 0.2) is 6.23 Å². The van der Waals surface area contributed by atoms with Crippen LogP contribution >= 0.6 is 22.6 Å². The van der Waals surface area contributed by atoms with Gasteiger partial charge in [-0.3, -0.25) is 4.79 Å². The zero-order valence-electron chi connectivity index (χ0n) is 12.3. The predicted octanol–water partition coefficient (Wildman–Crippen LogP) is 3.47. The fraction of sp³-hybridized carbons (Fsp3) is 0.600. The van der Waals surface area contributed by atoms with Gasteiger partial charge in [-0.1, -0.05) is 0 Å². The summed E-state index contributed by atoms with van der Waals surface area (Å²) in [6.07, 6.45) is 5.48. The van der Waals surface area contributed by atoms with Gasteiger partial charge in [0.05, 0.1) is 20.7 Å². The summed E-state index contributed by atoms with van der Waals surface area (Å²) < 4.78 is 36.0. The second-order valence-corrected chi connectivity index (χ2v) is 7.44. The summed E-state index contributed by atoms with van der Waals surface area (Å²) >= 11 is 2.14. The van der Waals surface area contributed by atoms with Gasteiger partial charge in [0.1, 0.15) is 0 Å². The molecule has 2 aromatic heterocycles. The van der Waals surface area contributed by atoms with E-state index in [1.807, 2.05) is 0 Å². The average Bonchev–Trinajstić information content (AvgIpc) is 2.95. The van der Waals surface area contributed by atoms with Gasteiger partial charge in [0.2, 0.25) is 0 Å². The lowest BCUT2D eigenvalue weighted by atomic mass is 9.88. The number of ether oxygens (including phenoxy) is 1. The molecule has 3 heterocycles. The van der Waals surface area contributed by atoms with E-state index in [4.69, 9.17) is 4.74 Å². The Hall–Kier alpha value is -1.03. The van der Waals surface area contributed by atoms with Crippen LogP contribution in [0.25, 0.3) is 10.9 Å². The molecule has 1 unspecified atom stereocenters. The third-order valence-corrected chi connectivity index (χ3v) is 5.42. The van der Waals surface area contributed by atoms with Crippen molar-refractivity contribution in [2.24, 2.45) is 0 Å². The summed E-state index contributed by atoms with van der Waals surface area (Å²) in [5, 5.41) is 4.81. The van der Waals surface area contributed by atoms with Crippen LogP contribution in [0.15, 0.2) is 17.2 Å². The highest BCUT2D eigenvalue weighted by atomic mass is 127. The van der Waals surface area contributed by atoms with E-state index in [9.17, 15) is 13.6 Å². The van der Waals surface area contributed by atoms with Gasteiger partial charge in [0.25, 0.3) is 11.5 Å². The van der Waals surface area contributed by atoms with Gasteiger partial charge in [-0.15, -0.1) is 0 Å². The molecule has 1 saturated heterocycles. The van der Waals surface area contributed by atoms with Crippen molar-refractivity contribution in [3.8, 4) is 0 Å². The van der Waals surface area contributed by atoms with Crippen LogP contribution in [0.3, 0.4) is 0 Å². The zero-order valence-corrected chi connectivity index (χ0v) is 14.5. The minimum atomic E-state index is -2.65. The Morgan fingerprint density at radius 1 is 1.35 bits per heavy atom. The Balaban J connectivity index is 1.77. The molecule has 0 aromatic carbocycles. The van der Waals surface area contributed by atoms with Crippen molar-refractivity contribution < 1.29 is 13.5 Å². The molecule has 0 spiro atoms. The van der Waals surface area contributed by atoms with Gasteiger partial charge in [-0.05, 0) is 41.9 Å². The highest BCUT2D eigenvalue weighted by Crippen LogP contribution is 2.45. The average molecular weight is 435 g/mol. The lowest BCUT2D eigenvalue weighted by molar-refractivity contribution is -0.104. The van der Waals surface area contributed by atoms with Crippen LogP contribution in [0.5, 0.6) is 0 Å². The topological polar surface area (TPSA) is 49.1 Å². The van der Waals surface area contributed by atoms with Crippen LogP contribution in [0.1, 0.15) is 44.4 Å². The lowest BCUT2D eigenvalue weighted by Gasteiger charge is -2.36. The number of rotatable bonds is 2. The van der Waals surface area contributed by atoms with Crippen LogP contribution in [-0.4, -0.2) is 26.9 Å². The standard InChI is InChI=1S/C15H16F2IN3O2/c16-15(17)5-9(6-15)20-8-11(18)13-10(14(20)22)7-19-21(13)12-3-1-2-4-23-12/h7-9,12H,1-6H2. The molecular formula is C15H16F2IN3O2. The van der Waals surface area contributed by atoms with Crippen molar-refractivity contribution in [1.29, 1.82) is 0 Å². The first-order chi connectivity index (χ1) is 11.0. The van der Waals surface area contributed by atoms with Crippen molar-refractivity contribution in [3.63, 3.8) is 0 Å². The molecule has 0 amide bonds. The fourth-order valence-corrected chi connectivity index (χ4v) is 4.21. The van der Waals surface area contributed by atoms with Gasteiger partial charge < -0.3 is 9.30 Å². The van der Waals surface area contributed by atoms with E-state index in [2.05, 4.69) is 27.7 Å². The lowest BCUT2D eigenvalue weighted by Crippen LogP contribution is -2.41. The molecule has 4 rings (SSSR count). The summed E-state index contributed by atoms with van der Waals surface area (Å²) in [4.78, 5) is 12.6. The predicted molar refractivity (Wildman–Crippen MR) is 88.8 cm³/mol. The molecule has 1 atom stereocenters. The largest absolute Gasteiger partial charge is 0.356 e. The maximum Gasteiger partial charge on any atom is 0.261 e. The SMILES string of the molecule is O=c1c2cnn(C3CCCCO3)c2c(I)cn1C1CC(F)(F)C1.